The number of carbonyl (C=O) groups excluding carboxylic acids is 1. The molecule has 2 heterocycles. The van der Waals surface area contributed by atoms with Crippen LogP contribution in [0.4, 0.5) is 18.9 Å². The van der Waals surface area contributed by atoms with Crippen LogP contribution in [0.25, 0.3) is 11.2 Å². The van der Waals surface area contributed by atoms with E-state index in [9.17, 15) is 22.8 Å². The molecule has 2 aromatic carbocycles. The molecule has 4 rings (SSSR count). The van der Waals surface area contributed by atoms with Crippen molar-refractivity contribution in [3.63, 3.8) is 0 Å². The fraction of sp³-hybridized carbons (Fsp3) is 0.227. The zero-order valence-corrected chi connectivity index (χ0v) is 17.5. The summed E-state index contributed by atoms with van der Waals surface area (Å²) in [6.07, 6.45) is -2.54. The van der Waals surface area contributed by atoms with Crippen LogP contribution in [0.1, 0.15) is 23.6 Å². The molecule has 4 aromatic rings. The monoisotopic (exact) mass is 456 g/mol. The minimum Gasteiger partial charge on any atom is -0.324 e. The Morgan fingerprint density at radius 2 is 1.91 bits per heavy atom. The first-order valence-electron chi connectivity index (χ1n) is 10.1. The van der Waals surface area contributed by atoms with Crippen molar-refractivity contribution in [2.75, 3.05) is 5.32 Å². The lowest BCUT2D eigenvalue weighted by Gasteiger charge is -2.10. The summed E-state index contributed by atoms with van der Waals surface area (Å²) in [7, 11) is 0. The minimum atomic E-state index is -4.47. The lowest BCUT2D eigenvalue weighted by atomic mass is 10.1. The smallest absolute Gasteiger partial charge is 0.324 e. The lowest BCUT2D eigenvalue weighted by molar-refractivity contribution is -0.137. The highest BCUT2D eigenvalue weighted by Crippen LogP contribution is 2.29. The van der Waals surface area contributed by atoms with E-state index in [1.807, 2.05) is 19.1 Å². The Labute approximate surface area is 185 Å². The van der Waals surface area contributed by atoms with E-state index >= 15 is 0 Å². The highest BCUT2D eigenvalue weighted by Gasteiger charge is 2.30. The predicted molar refractivity (Wildman–Crippen MR) is 115 cm³/mol. The number of benzene rings is 2. The summed E-state index contributed by atoms with van der Waals surface area (Å²) < 4.78 is 41.2. The van der Waals surface area contributed by atoms with Crippen LogP contribution in [0, 0.1) is 0 Å². The number of nitrogens with one attached hydrogen (secondary N) is 1. The number of nitrogens with zero attached hydrogens (tertiary/aromatic N) is 5. The Balaban J connectivity index is 1.55. The van der Waals surface area contributed by atoms with Gasteiger partial charge < -0.3 is 5.32 Å². The van der Waals surface area contributed by atoms with Crippen molar-refractivity contribution in [2.45, 2.75) is 32.6 Å². The maximum atomic E-state index is 13.0. The van der Waals surface area contributed by atoms with Crippen molar-refractivity contribution < 1.29 is 18.0 Å². The molecule has 8 nitrogen and oxygen atoms in total. The van der Waals surface area contributed by atoms with Crippen LogP contribution in [0.3, 0.4) is 0 Å². The second-order valence-corrected chi connectivity index (χ2v) is 7.35. The van der Waals surface area contributed by atoms with Gasteiger partial charge in [-0.2, -0.15) is 13.2 Å². The van der Waals surface area contributed by atoms with E-state index in [0.29, 0.717) is 11.3 Å². The number of halogens is 3. The first kappa shape index (κ1) is 22.2. The van der Waals surface area contributed by atoms with E-state index in [1.165, 1.54) is 23.1 Å². The molecule has 0 bridgehead atoms. The Kier molecular flexibility index (Phi) is 5.95. The third-order valence-corrected chi connectivity index (χ3v) is 5.06. The Hall–Kier alpha value is -4.02. The molecule has 0 aliphatic rings. The number of aryl methyl sites for hydroxylation is 1. The van der Waals surface area contributed by atoms with Crippen molar-refractivity contribution in [3.05, 3.63) is 81.9 Å². The van der Waals surface area contributed by atoms with Gasteiger partial charge in [0.15, 0.2) is 11.2 Å². The number of hydrogen-bond donors (Lipinski definition) is 1. The van der Waals surface area contributed by atoms with Crippen molar-refractivity contribution in [2.24, 2.45) is 0 Å². The van der Waals surface area contributed by atoms with E-state index in [1.54, 1.807) is 12.1 Å². The van der Waals surface area contributed by atoms with Crippen LogP contribution < -0.4 is 10.9 Å². The van der Waals surface area contributed by atoms with E-state index in [-0.39, 0.29) is 24.3 Å². The van der Waals surface area contributed by atoms with Gasteiger partial charge in [-0.15, -0.1) is 5.10 Å². The van der Waals surface area contributed by atoms with Crippen molar-refractivity contribution in [1.82, 2.24) is 24.5 Å². The Morgan fingerprint density at radius 1 is 1.12 bits per heavy atom. The summed E-state index contributed by atoms with van der Waals surface area (Å²) in [5, 5.41) is 10.5. The molecular weight excluding hydrogens is 437 g/mol. The maximum Gasteiger partial charge on any atom is 0.416 e. The van der Waals surface area contributed by atoms with Crippen molar-refractivity contribution in [3.8, 4) is 0 Å². The molecule has 33 heavy (non-hydrogen) atoms. The van der Waals surface area contributed by atoms with E-state index in [0.717, 1.165) is 28.7 Å². The molecule has 0 radical (unpaired) electrons. The fourth-order valence-corrected chi connectivity index (χ4v) is 3.42. The first-order valence-corrected chi connectivity index (χ1v) is 10.1. The number of hydrogen-bond acceptors (Lipinski definition) is 5. The predicted octanol–water partition coefficient (Wildman–Crippen LogP) is 3.26. The lowest BCUT2D eigenvalue weighted by Crippen LogP contribution is -2.28. The van der Waals surface area contributed by atoms with Gasteiger partial charge in [0, 0.05) is 5.69 Å². The Bertz CT molecular complexity index is 1380. The number of aromatic nitrogens is 5. The normalized spacial score (nSPS) is 11.6. The van der Waals surface area contributed by atoms with Gasteiger partial charge in [0.05, 0.1) is 12.1 Å². The summed E-state index contributed by atoms with van der Waals surface area (Å²) in [4.78, 5) is 29.4. The molecule has 0 saturated carbocycles. The van der Waals surface area contributed by atoms with Gasteiger partial charge >= 0.3 is 6.18 Å². The summed E-state index contributed by atoms with van der Waals surface area (Å²) in [6, 6.07) is 12.2. The van der Waals surface area contributed by atoms with Gasteiger partial charge in [0.1, 0.15) is 12.9 Å². The molecular formula is C22H19F3N6O2. The topological polar surface area (TPSA) is 94.7 Å². The molecule has 170 valence electrons. The SMILES string of the molecule is CCc1ccccc1NC(=O)Cn1cnc2c(nnn2Cc2cccc(C(F)(F)F)c2)c1=O. The molecule has 1 N–H and O–H groups in total. The summed E-state index contributed by atoms with van der Waals surface area (Å²) in [6.45, 7) is 1.64. The van der Waals surface area contributed by atoms with E-state index < -0.39 is 23.2 Å². The second kappa shape index (κ2) is 8.85. The van der Waals surface area contributed by atoms with Gasteiger partial charge in [-0.25, -0.2) is 9.67 Å². The second-order valence-electron chi connectivity index (χ2n) is 7.35. The van der Waals surface area contributed by atoms with Gasteiger partial charge in [0.25, 0.3) is 5.56 Å². The third kappa shape index (κ3) is 4.76. The molecule has 11 heteroatoms. The zero-order chi connectivity index (χ0) is 23.6. The standard InChI is InChI=1S/C22H19F3N6O2/c1-2-15-7-3-4-9-17(15)27-18(32)12-30-13-26-20-19(21(30)33)28-29-31(20)11-14-6-5-8-16(10-14)22(23,24)25/h3-10,13H,2,11-12H2,1H3,(H,27,32). The fourth-order valence-electron chi connectivity index (χ4n) is 3.42. The quantitative estimate of drug-likeness (QED) is 0.481. The van der Waals surface area contributed by atoms with Gasteiger partial charge in [-0.05, 0) is 35.7 Å². The van der Waals surface area contributed by atoms with Crippen LogP contribution in [0.15, 0.2) is 59.7 Å². The first-order chi connectivity index (χ1) is 15.8. The van der Waals surface area contributed by atoms with Gasteiger partial charge in [-0.1, -0.05) is 42.5 Å². The number of para-hydroxylation sites is 1. The van der Waals surface area contributed by atoms with Gasteiger partial charge in [0.2, 0.25) is 5.91 Å². The number of rotatable bonds is 6. The number of anilines is 1. The average Bonchev–Trinajstić information content (AvgIpc) is 3.19. The third-order valence-electron chi connectivity index (χ3n) is 5.06. The molecule has 1 amide bonds. The van der Waals surface area contributed by atoms with Crippen molar-refractivity contribution in [1.29, 1.82) is 0 Å². The van der Waals surface area contributed by atoms with Crippen LogP contribution in [-0.2, 0) is 30.5 Å². The maximum absolute atomic E-state index is 13.0. The Morgan fingerprint density at radius 3 is 2.67 bits per heavy atom. The molecule has 0 unspecified atom stereocenters. The summed E-state index contributed by atoms with van der Waals surface area (Å²) >= 11 is 0. The zero-order valence-electron chi connectivity index (χ0n) is 17.5. The molecule has 0 aliphatic heterocycles. The largest absolute Gasteiger partial charge is 0.416 e. The molecule has 0 saturated heterocycles. The van der Waals surface area contributed by atoms with Crippen LogP contribution >= 0.6 is 0 Å². The number of alkyl halides is 3. The summed E-state index contributed by atoms with van der Waals surface area (Å²) in [5.41, 5.74) is 0.640. The number of fused-ring (bicyclic) bond motifs is 1. The van der Waals surface area contributed by atoms with E-state index in [2.05, 4.69) is 20.6 Å². The minimum absolute atomic E-state index is 0.0504. The van der Waals surface area contributed by atoms with Crippen LogP contribution in [0.2, 0.25) is 0 Å². The van der Waals surface area contributed by atoms with Crippen LogP contribution in [-0.4, -0.2) is 30.5 Å². The molecule has 2 aromatic heterocycles. The molecule has 0 fully saturated rings. The number of amides is 1. The number of carbonyl (C=O) groups is 1. The van der Waals surface area contributed by atoms with Gasteiger partial charge in [-0.3, -0.25) is 14.2 Å². The molecule has 0 spiro atoms. The molecule has 0 aliphatic carbocycles. The highest BCUT2D eigenvalue weighted by atomic mass is 19.4. The highest BCUT2D eigenvalue weighted by molar-refractivity contribution is 5.91. The van der Waals surface area contributed by atoms with Crippen LogP contribution in [0.5, 0.6) is 0 Å². The summed E-state index contributed by atoms with van der Waals surface area (Å²) in [5.74, 6) is -0.407. The average molecular weight is 456 g/mol. The molecule has 0 atom stereocenters. The van der Waals surface area contributed by atoms with Crippen molar-refractivity contribution >= 4 is 22.8 Å². The van der Waals surface area contributed by atoms with E-state index in [4.69, 9.17) is 0 Å².